The van der Waals surface area contributed by atoms with Crippen LogP contribution in [0.1, 0.15) is 17.3 Å². The van der Waals surface area contributed by atoms with Gasteiger partial charge in [0.15, 0.2) is 6.10 Å². The summed E-state index contributed by atoms with van der Waals surface area (Å²) in [4.78, 5) is 24.8. The Bertz CT molecular complexity index is 987. The Morgan fingerprint density at radius 2 is 1.55 bits per heavy atom. The lowest BCUT2D eigenvalue weighted by molar-refractivity contribution is -0.123. The van der Waals surface area contributed by atoms with Gasteiger partial charge in [-0.05, 0) is 49.4 Å². The molecule has 1 N–H and O–H groups in total. The third kappa shape index (κ3) is 5.35. The lowest BCUT2D eigenvalue weighted by Crippen LogP contribution is -2.30. The molecule has 0 radical (unpaired) electrons. The van der Waals surface area contributed by atoms with E-state index in [4.69, 9.17) is 14.2 Å². The second kappa shape index (κ2) is 9.41. The number of carbonyl (C=O) groups is 2. The largest absolute Gasteiger partial charge is 0.495 e. The van der Waals surface area contributed by atoms with Crippen LogP contribution < -0.4 is 14.8 Å². The van der Waals surface area contributed by atoms with E-state index in [1.54, 1.807) is 48.5 Å². The summed E-state index contributed by atoms with van der Waals surface area (Å²) in [5.41, 5.74) is 0.788. The summed E-state index contributed by atoms with van der Waals surface area (Å²) in [7, 11) is 1.51. The Morgan fingerprint density at radius 1 is 0.862 bits per heavy atom. The molecule has 3 aromatic carbocycles. The predicted molar refractivity (Wildman–Crippen MR) is 109 cm³/mol. The van der Waals surface area contributed by atoms with Crippen molar-refractivity contribution in [1.82, 2.24) is 0 Å². The molecule has 0 aliphatic rings. The Labute approximate surface area is 169 Å². The summed E-state index contributed by atoms with van der Waals surface area (Å²) in [6, 6.07) is 22.8. The van der Waals surface area contributed by atoms with Crippen LogP contribution in [0.15, 0.2) is 78.9 Å². The first-order chi connectivity index (χ1) is 14.1. The molecule has 0 unspecified atom stereocenters. The molecule has 1 amide bonds. The van der Waals surface area contributed by atoms with Gasteiger partial charge in [0.1, 0.15) is 17.2 Å². The van der Waals surface area contributed by atoms with Gasteiger partial charge in [-0.2, -0.15) is 0 Å². The highest BCUT2D eigenvalue weighted by Gasteiger charge is 2.20. The Balaban J connectivity index is 1.63. The molecule has 29 heavy (non-hydrogen) atoms. The number of hydrogen-bond acceptors (Lipinski definition) is 5. The van der Waals surface area contributed by atoms with Crippen LogP contribution >= 0.6 is 0 Å². The summed E-state index contributed by atoms with van der Waals surface area (Å²) in [5.74, 6) is 0.593. The number of rotatable bonds is 7. The number of para-hydroxylation sites is 3. The lowest BCUT2D eigenvalue weighted by Gasteiger charge is -2.15. The molecular weight excluding hydrogens is 370 g/mol. The molecule has 0 fully saturated rings. The normalized spacial score (nSPS) is 11.2. The minimum Gasteiger partial charge on any atom is -0.495 e. The van der Waals surface area contributed by atoms with Crippen molar-refractivity contribution in [3.8, 4) is 17.2 Å². The van der Waals surface area contributed by atoms with Crippen LogP contribution in [0, 0.1) is 0 Å². The van der Waals surface area contributed by atoms with Gasteiger partial charge in [0.25, 0.3) is 5.91 Å². The first kappa shape index (κ1) is 19.9. The van der Waals surface area contributed by atoms with Gasteiger partial charge < -0.3 is 19.5 Å². The van der Waals surface area contributed by atoms with Crippen molar-refractivity contribution in [1.29, 1.82) is 0 Å². The molecule has 0 saturated heterocycles. The zero-order valence-corrected chi connectivity index (χ0v) is 16.1. The molecule has 3 rings (SSSR count). The van der Waals surface area contributed by atoms with E-state index in [0.717, 1.165) is 0 Å². The third-order valence-electron chi connectivity index (χ3n) is 4.07. The lowest BCUT2D eigenvalue weighted by atomic mass is 10.2. The smallest absolute Gasteiger partial charge is 0.339 e. The summed E-state index contributed by atoms with van der Waals surface area (Å²) >= 11 is 0. The van der Waals surface area contributed by atoms with Gasteiger partial charge >= 0.3 is 5.97 Å². The van der Waals surface area contributed by atoms with Crippen LogP contribution in [0.2, 0.25) is 0 Å². The van der Waals surface area contributed by atoms with Crippen molar-refractivity contribution in [2.45, 2.75) is 13.0 Å². The number of ether oxygens (including phenoxy) is 3. The number of benzene rings is 3. The van der Waals surface area contributed by atoms with E-state index in [9.17, 15) is 9.59 Å². The molecule has 3 aromatic rings. The predicted octanol–water partition coefficient (Wildman–Crippen LogP) is 4.67. The van der Waals surface area contributed by atoms with E-state index in [2.05, 4.69) is 5.32 Å². The van der Waals surface area contributed by atoms with Crippen LogP contribution in [-0.2, 0) is 9.53 Å². The van der Waals surface area contributed by atoms with E-state index < -0.39 is 18.0 Å². The van der Waals surface area contributed by atoms with Crippen LogP contribution in [0.3, 0.4) is 0 Å². The van der Waals surface area contributed by atoms with Gasteiger partial charge in [0, 0.05) is 0 Å². The molecular formula is C23H21NO5. The molecule has 0 bridgehead atoms. The van der Waals surface area contributed by atoms with Crippen molar-refractivity contribution in [3.63, 3.8) is 0 Å². The molecule has 148 valence electrons. The highest BCUT2D eigenvalue weighted by atomic mass is 16.5. The van der Waals surface area contributed by atoms with Crippen molar-refractivity contribution in [2.75, 3.05) is 12.4 Å². The van der Waals surface area contributed by atoms with Crippen LogP contribution in [0.4, 0.5) is 5.69 Å². The van der Waals surface area contributed by atoms with E-state index in [-0.39, 0.29) is 5.56 Å². The minimum absolute atomic E-state index is 0.287. The van der Waals surface area contributed by atoms with Crippen LogP contribution in [0.25, 0.3) is 0 Å². The van der Waals surface area contributed by atoms with Crippen molar-refractivity contribution in [2.24, 2.45) is 0 Å². The van der Waals surface area contributed by atoms with Gasteiger partial charge in [0.05, 0.1) is 18.4 Å². The van der Waals surface area contributed by atoms with Crippen molar-refractivity contribution >= 4 is 17.6 Å². The maximum absolute atomic E-state index is 12.5. The van der Waals surface area contributed by atoms with Gasteiger partial charge in [-0.15, -0.1) is 0 Å². The number of esters is 1. The van der Waals surface area contributed by atoms with Gasteiger partial charge in [-0.25, -0.2) is 4.79 Å². The topological polar surface area (TPSA) is 73.9 Å². The van der Waals surface area contributed by atoms with Crippen molar-refractivity contribution < 1.29 is 23.8 Å². The Kier molecular flexibility index (Phi) is 6.47. The molecule has 0 spiro atoms. The van der Waals surface area contributed by atoms with Gasteiger partial charge in [-0.1, -0.05) is 36.4 Å². The standard InChI is InChI=1S/C23H21NO5/c1-16(22(25)24-20-13-6-7-14-21(20)27-2)28-23(26)17-9-8-12-19(15-17)29-18-10-4-3-5-11-18/h3-16H,1-2H3,(H,24,25)/t16-/m0/s1. The van der Waals surface area contributed by atoms with Crippen molar-refractivity contribution in [3.05, 3.63) is 84.4 Å². The molecule has 0 aliphatic heterocycles. The quantitative estimate of drug-likeness (QED) is 0.593. The maximum Gasteiger partial charge on any atom is 0.339 e. The Hall–Kier alpha value is -3.80. The fourth-order valence-electron chi connectivity index (χ4n) is 2.58. The SMILES string of the molecule is COc1ccccc1NC(=O)[C@H](C)OC(=O)c1cccc(Oc2ccccc2)c1. The zero-order valence-electron chi connectivity index (χ0n) is 16.1. The number of methoxy groups -OCH3 is 1. The molecule has 0 heterocycles. The molecule has 1 atom stereocenters. The maximum atomic E-state index is 12.5. The number of nitrogens with one attached hydrogen (secondary N) is 1. The fourth-order valence-corrected chi connectivity index (χ4v) is 2.58. The molecule has 6 nitrogen and oxygen atoms in total. The first-order valence-corrected chi connectivity index (χ1v) is 9.04. The van der Waals surface area contributed by atoms with E-state index >= 15 is 0 Å². The number of amides is 1. The second-order valence-electron chi connectivity index (χ2n) is 6.18. The average Bonchev–Trinajstić information content (AvgIpc) is 2.75. The highest BCUT2D eigenvalue weighted by molar-refractivity contribution is 5.98. The molecule has 6 heteroatoms. The van der Waals surface area contributed by atoms with E-state index in [0.29, 0.717) is 22.9 Å². The summed E-state index contributed by atoms with van der Waals surface area (Å²) < 4.78 is 16.2. The summed E-state index contributed by atoms with van der Waals surface area (Å²) in [6.07, 6.45) is -0.994. The van der Waals surface area contributed by atoms with Crippen LogP contribution in [0.5, 0.6) is 17.2 Å². The summed E-state index contributed by atoms with van der Waals surface area (Å²) in [5, 5.41) is 2.70. The fraction of sp³-hybridized carbons (Fsp3) is 0.130. The second-order valence-corrected chi connectivity index (χ2v) is 6.18. The average molecular weight is 391 g/mol. The third-order valence-corrected chi connectivity index (χ3v) is 4.07. The van der Waals surface area contributed by atoms with Gasteiger partial charge in [-0.3, -0.25) is 4.79 Å². The van der Waals surface area contributed by atoms with E-state index in [1.165, 1.54) is 14.0 Å². The van der Waals surface area contributed by atoms with Crippen LogP contribution in [-0.4, -0.2) is 25.1 Å². The molecule has 0 saturated carbocycles. The number of anilines is 1. The van der Waals surface area contributed by atoms with E-state index in [1.807, 2.05) is 30.3 Å². The first-order valence-electron chi connectivity index (χ1n) is 9.04. The zero-order chi connectivity index (χ0) is 20.6. The number of carbonyl (C=O) groups excluding carboxylic acids is 2. The monoisotopic (exact) mass is 391 g/mol. The van der Waals surface area contributed by atoms with Gasteiger partial charge in [0.2, 0.25) is 0 Å². The molecule has 0 aliphatic carbocycles. The number of hydrogen-bond donors (Lipinski definition) is 1. The Morgan fingerprint density at radius 3 is 2.31 bits per heavy atom. The molecule has 0 aromatic heterocycles. The highest BCUT2D eigenvalue weighted by Crippen LogP contribution is 2.24. The minimum atomic E-state index is -0.994. The summed E-state index contributed by atoms with van der Waals surface area (Å²) in [6.45, 7) is 1.51.